The first-order chi connectivity index (χ1) is 8.83. The topological polar surface area (TPSA) is 97.5 Å². The van der Waals surface area contributed by atoms with Crippen molar-refractivity contribution in [3.8, 4) is 0 Å². The summed E-state index contributed by atoms with van der Waals surface area (Å²) in [6.45, 7) is 0. The van der Waals surface area contributed by atoms with Gasteiger partial charge in [-0.05, 0) is 24.3 Å². The third-order valence-corrected chi connectivity index (χ3v) is 5.89. The smallest absolute Gasteiger partial charge is 0.321 e. The average Bonchev–Trinajstić information content (AvgIpc) is 2.34. The molecule has 0 fully saturated rings. The molecule has 0 aliphatic heterocycles. The minimum Gasteiger partial charge on any atom is -0.480 e. The molecule has 0 amide bonds. The van der Waals surface area contributed by atoms with Crippen molar-refractivity contribution in [2.45, 2.75) is 10.9 Å². The lowest BCUT2D eigenvalue weighted by Crippen LogP contribution is -2.32. The van der Waals surface area contributed by atoms with E-state index in [-0.39, 0.29) is 16.4 Å². The number of benzene rings is 1. The van der Waals surface area contributed by atoms with Crippen molar-refractivity contribution in [3.05, 3.63) is 28.7 Å². The van der Waals surface area contributed by atoms with Crippen LogP contribution in [0.4, 0.5) is 0 Å². The molecule has 0 saturated heterocycles. The summed E-state index contributed by atoms with van der Waals surface area (Å²) in [4.78, 5) is 10.7. The van der Waals surface area contributed by atoms with Crippen LogP contribution in [0.15, 0.2) is 33.6 Å². The fourth-order valence-corrected chi connectivity index (χ4v) is 4.17. The Morgan fingerprint density at radius 2 is 1.95 bits per heavy atom. The first kappa shape index (κ1) is 16.5. The number of hydrogen-bond donors (Lipinski definition) is 2. The van der Waals surface area contributed by atoms with E-state index in [2.05, 4.69) is 15.9 Å². The molecule has 0 aliphatic rings. The Morgan fingerprint density at radius 1 is 1.37 bits per heavy atom. The van der Waals surface area contributed by atoms with Crippen LogP contribution < -0.4 is 5.73 Å². The number of nitrogens with two attached hydrogens (primary N) is 1. The SMILES string of the molecule is NC(CSCCS(=O)(=O)c1ccc(Br)cc1)C(=O)O. The van der Waals surface area contributed by atoms with E-state index in [4.69, 9.17) is 10.8 Å². The number of carboxylic acids is 1. The van der Waals surface area contributed by atoms with Gasteiger partial charge in [0.2, 0.25) is 0 Å². The van der Waals surface area contributed by atoms with Crippen LogP contribution in [-0.4, -0.2) is 42.8 Å². The summed E-state index contributed by atoms with van der Waals surface area (Å²) in [5.41, 5.74) is 5.32. The van der Waals surface area contributed by atoms with Crippen LogP contribution in [0.3, 0.4) is 0 Å². The number of carboxylic acid groups (broad SMARTS) is 1. The molecule has 106 valence electrons. The highest BCUT2D eigenvalue weighted by atomic mass is 79.9. The quantitative estimate of drug-likeness (QED) is 0.706. The molecular weight excluding hydrogens is 354 g/mol. The molecule has 0 spiro atoms. The van der Waals surface area contributed by atoms with Crippen LogP contribution in [-0.2, 0) is 14.6 Å². The van der Waals surface area contributed by atoms with E-state index in [0.29, 0.717) is 5.75 Å². The second kappa shape index (κ2) is 7.28. The van der Waals surface area contributed by atoms with E-state index in [0.717, 1.165) is 4.47 Å². The predicted octanol–water partition coefficient (Wildman–Crippen LogP) is 1.37. The largest absolute Gasteiger partial charge is 0.480 e. The lowest BCUT2D eigenvalue weighted by Gasteiger charge is -2.07. The van der Waals surface area contributed by atoms with Crippen LogP contribution in [0.5, 0.6) is 0 Å². The summed E-state index contributed by atoms with van der Waals surface area (Å²) in [5, 5.41) is 8.58. The summed E-state index contributed by atoms with van der Waals surface area (Å²) in [6, 6.07) is 5.45. The Hall–Kier alpha value is -0.570. The second-order valence-electron chi connectivity index (χ2n) is 3.79. The minimum atomic E-state index is -3.33. The molecule has 0 radical (unpaired) electrons. The molecule has 1 atom stereocenters. The van der Waals surface area contributed by atoms with Crippen molar-refractivity contribution in [1.82, 2.24) is 0 Å². The van der Waals surface area contributed by atoms with Crippen LogP contribution in [0.1, 0.15) is 0 Å². The summed E-state index contributed by atoms with van der Waals surface area (Å²) < 4.78 is 24.7. The zero-order chi connectivity index (χ0) is 14.5. The Labute approximate surface area is 124 Å². The Kier molecular flexibility index (Phi) is 6.31. The summed E-state index contributed by atoms with van der Waals surface area (Å²) in [5.74, 6) is -0.598. The van der Waals surface area contributed by atoms with Crippen molar-refractivity contribution in [3.63, 3.8) is 0 Å². The normalized spacial score (nSPS) is 13.2. The van der Waals surface area contributed by atoms with Gasteiger partial charge in [0.25, 0.3) is 0 Å². The van der Waals surface area contributed by atoms with Crippen LogP contribution in [0, 0.1) is 0 Å². The van der Waals surface area contributed by atoms with Gasteiger partial charge in [0.1, 0.15) is 6.04 Å². The first-order valence-electron chi connectivity index (χ1n) is 5.37. The van der Waals surface area contributed by atoms with Crippen molar-refractivity contribution < 1.29 is 18.3 Å². The standard InChI is InChI=1S/C11H14BrNO4S2/c12-8-1-3-9(4-2-8)19(16,17)6-5-18-7-10(13)11(14)15/h1-4,10H,5-7,13H2,(H,14,15). The molecule has 0 saturated carbocycles. The lowest BCUT2D eigenvalue weighted by atomic mass is 10.4. The maximum absolute atomic E-state index is 11.9. The third-order valence-electron chi connectivity index (χ3n) is 2.28. The number of thioether (sulfide) groups is 1. The predicted molar refractivity (Wildman–Crippen MR) is 79.1 cm³/mol. The highest BCUT2D eigenvalue weighted by Gasteiger charge is 2.15. The van der Waals surface area contributed by atoms with Gasteiger partial charge in [-0.3, -0.25) is 4.79 Å². The maximum atomic E-state index is 11.9. The van der Waals surface area contributed by atoms with Gasteiger partial charge in [0.15, 0.2) is 9.84 Å². The molecule has 0 heterocycles. The minimum absolute atomic E-state index is 0.0361. The summed E-state index contributed by atoms with van der Waals surface area (Å²) in [6.07, 6.45) is 0. The highest BCUT2D eigenvalue weighted by Crippen LogP contribution is 2.17. The van der Waals surface area contributed by atoms with Crippen LogP contribution >= 0.6 is 27.7 Å². The number of sulfone groups is 1. The fourth-order valence-electron chi connectivity index (χ4n) is 1.21. The van der Waals surface area contributed by atoms with Gasteiger partial charge in [0, 0.05) is 16.0 Å². The van der Waals surface area contributed by atoms with E-state index in [1.165, 1.54) is 23.9 Å². The number of halogens is 1. The molecule has 0 aromatic heterocycles. The van der Waals surface area contributed by atoms with Gasteiger partial charge in [0.05, 0.1) is 10.6 Å². The molecular formula is C11H14BrNO4S2. The molecule has 5 nitrogen and oxygen atoms in total. The monoisotopic (exact) mass is 367 g/mol. The molecule has 1 unspecified atom stereocenters. The molecule has 1 rings (SSSR count). The van der Waals surface area contributed by atoms with Gasteiger partial charge < -0.3 is 10.8 Å². The molecule has 0 aliphatic carbocycles. The van der Waals surface area contributed by atoms with Crippen molar-refractivity contribution >= 4 is 43.5 Å². The van der Waals surface area contributed by atoms with Gasteiger partial charge in [-0.1, -0.05) is 15.9 Å². The maximum Gasteiger partial charge on any atom is 0.321 e. The summed E-state index contributed by atoms with van der Waals surface area (Å²) >= 11 is 4.46. The zero-order valence-corrected chi connectivity index (χ0v) is 13.2. The van der Waals surface area contributed by atoms with E-state index >= 15 is 0 Å². The number of carbonyl (C=O) groups is 1. The Morgan fingerprint density at radius 3 is 2.47 bits per heavy atom. The Bertz CT molecular complexity index is 530. The van der Waals surface area contributed by atoms with Gasteiger partial charge >= 0.3 is 5.97 Å². The van der Waals surface area contributed by atoms with Crippen LogP contribution in [0.2, 0.25) is 0 Å². The molecule has 1 aromatic carbocycles. The third kappa shape index (κ3) is 5.52. The Balaban J connectivity index is 2.48. The van der Waals surface area contributed by atoms with Gasteiger partial charge in [-0.2, -0.15) is 11.8 Å². The number of aliphatic carboxylic acids is 1. The van der Waals surface area contributed by atoms with E-state index in [9.17, 15) is 13.2 Å². The molecule has 1 aromatic rings. The zero-order valence-electron chi connectivity index (χ0n) is 9.95. The lowest BCUT2D eigenvalue weighted by molar-refractivity contribution is -0.137. The molecule has 19 heavy (non-hydrogen) atoms. The first-order valence-corrected chi connectivity index (χ1v) is 8.97. The van der Waals surface area contributed by atoms with E-state index in [1.807, 2.05) is 0 Å². The average molecular weight is 368 g/mol. The molecule has 8 heteroatoms. The van der Waals surface area contributed by atoms with Crippen molar-refractivity contribution in [1.29, 1.82) is 0 Å². The van der Waals surface area contributed by atoms with Gasteiger partial charge in [-0.15, -0.1) is 0 Å². The van der Waals surface area contributed by atoms with E-state index < -0.39 is 21.8 Å². The molecule has 0 bridgehead atoms. The fraction of sp³-hybridized carbons (Fsp3) is 0.364. The second-order valence-corrected chi connectivity index (χ2v) is 7.97. The summed E-state index contributed by atoms with van der Waals surface area (Å²) in [7, 11) is -3.33. The van der Waals surface area contributed by atoms with Crippen molar-refractivity contribution in [2.24, 2.45) is 5.73 Å². The van der Waals surface area contributed by atoms with E-state index in [1.54, 1.807) is 12.1 Å². The number of hydrogen-bond acceptors (Lipinski definition) is 5. The van der Waals surface area contributed by atoms with Gasteiger partial charge in [-0.25, -0.2) is 8.42 Å². The number of rotatable bonds is 7. The van der Waals surface area contributed by atoms with Crippen molar-refractivity contribution in [2.75, 3.05) is 17.3 Å². The van der Waals surface area contributed by atoms with Crippen LogP contribution in [0.25, 0.3) is 0 Å². The highest BCUT2D eigenvalue weighted by molar-refractivity contribution is 9.10. The molecule has 3 N–H and O–H groups in total.